The standard InChI is InChI=1S/C13H10FN3O4/c14-9-5-7(1-3-10(9)15)13(19)16-11-4-2-8(17(20)21)6-12(11)18/h1-6,18H,15H2,(H,16,19). The van der Waals surface area contributed by atoms with Crippen LogP contribution in [0.3, 0.4) is 0 Å². The van der Waals surface area contributed by atoms with Gasteiger partial charge in [0.1, 0.15) is 11.6 Å². The van der Waals surface area contributed by atoms with Crippen LogP contribution in [0.4, 0.5) is 21.5 Å². The van der Waals surface area contributed by atoms with Crippen LogP contribution in [-0.4, -0.2) is 15.9 Å². The number of carbonyl (C=O) groups is 1. The van der Waals surface area contributed by atoms with Crippen LogP contribution in [-0.2, 0) is 0 Å². The number of carbonyl (C=O) groups excluding carboxylic acids is 1. The number of amides is 1. The number of rotatable bonds is 3. The molecule has 2 aromatic rings. The number of hydrogen-bond donors (Lipinski definition) is 3. The Bertz CT molecular complexity index is 733. The molecule has 0 aliphatic carbocycles. The van der Waals surface area contributed by atoms with Gasteiger partial charge in [0.2, 0.25) is 0 Å². The first-order valence-electron chi connectivity index (χ1n) is 5.72. The van der Waals surface area contributed by atoms with Crippen LogP contribution in [0.1, 0.15) is 10.4 Å². The van der Waals surface area contributed by atoms with Crippen LogP contribution < -0.4 is 11.1 Å². The van der Waals surface area contributed by atoms with E-state index in [1.54, 1.807) is 0 Å². The lowest BCUT2D eigenvalue weighted by atomic mass is 10.1. The number of halogens is 1. The third-order valence-electron chi connectivity index (χ3n) is 2.70. The van der Waals surface area contributed by atoms with Crippen LogP contribution in [0.5, 0.6) is 5.75 Å². The van der Waals surface area contributed by atoms with E-state index >= 15 is 0 Å². The molecule has 0 saturated carbocycles. The molecule has 0 saturated heterocycles. The zero-order chi connectivity index (χ0) is 15.6. The van der Waals surface area contributed by atoms with E-state index in [2.05, 4.69) is 5.32 Å². The molecular weight excluding hydrogens is 281 g/mol. The Morgan fingerprint density at radius 2 is 2.00 bits per heavy atom. The number of nitro benzene ring substituents is 1. The van der Waals surface area contributed by atoms with Crippen molar-refractivity contribution in [2.24, 2.45) is 0 Å². The first kappa shape index (κ1) is 14.3. The summed E-state index contributed by atoms with van der Waals surface area (Å²) in [7, 11) is 0. The van der Waals surface area contributed by atoms with Crippen molar-refractivity contribution in [3.8, 4) is 5.75 Å². The SMILES string of the molecule is Nc1ccc(C(=O)Nc2ccc([N+](=O)[O-])cc2O)cc1F. The van der Waals surface area contributed by atoms with Gasteiger partial charge in [-0.15, -0.1) is 0 Å². The number of phenolic OH excluding ortho intramolecular Hbond substituents is 1. The molecule has 0 bridgehead atoms. The number of hydrogen-bond acceptors (Lipinski definition) is 5. The van der Waals surface area contributed by atoms with E-state index < -0.39 is 22.4 Å². The summed E-state index contributed by atoms with van der Waals surface area (Å²) in [5, 5.41) is 22.5. The molecule has 108 valence electrons. The molecule has 0 fully saturated rings. The summed E-state index contributed by atoms with van der Waals surface area (Å²) in [5.74, 6) is -1.89. The third-order valence-corrected chi connectivity index (χ3v) is 2.70. The van der Waals surface area contributed by atoms with Gasteiger partial charge in [0.15, 0.2) is 0 Å². The number of phenols is 1. The number of nitro groups is 1. The Balaban J connectivity index is 2.23. The lowest BCUT2D eigenvalue weighted by molar-refractivity contribution is -0.384. The first-order chi connectivity index (χ1) is 9.88. The van der Waals surface area contributed by atoms with Crippen molar-refractivity contribution < 1.29 is 19.2 Å². The van der Waals surface area contributed by atoms with E-state index in [0.29, 0.717) is 0 Å². The normalized spacial score (nSPS) is 10.1. The average Bonchev–Trinajstić information content (AvgIpc) is 2.43. The zero-order valence-corrected chi connectivity index (χ0v) is 10.5. The van der Waals surface area contributed by atoms with Gasteiger partial charge in [-0.1, -0.05) is 0 Å². The van der Waals surface area contributed by atoms with Crippen molar-refractivity contribution in [3.05, 3.63) is 57.9 Å². The van der Waals surface area contributed by atoms with E-state index in [1.807, 2.05) is 0 Å². The Morgan fingerprint density at radius 3 is 2.57 bits per heavy atom. The largest absolute Gasteiger partial charge is 0.506 e. The predicted octanol–water partition coefficient (Wildman–Crippen LogP) is 2.27. The van der Waals surface area contributed by atoms with Crippen molar-refractivity contribution in [3.63, 3.8) is 0 Å². The highest BCUT2D eigenvalue weighted by molar-refractivity contribution is 6.05. The molecule has 0 unspecified atom stereocenters. The quantitative estimate of drug-likeness (QED) is 0.347. The second kappa shape index (κ2) is 5.45. The molecule has 0 atom stereocenters. The molecule has 0 heterocycles. The fourth-order valence-electron chi connectivity index (χ4n) is 1.60. The molecular formula is C13H10FN3O4. The van der Waals surface area contributed by atoms with Crippen molar-refractivity contribution >= 4 is 23.0 Å². The van der Waals surface area contributed by atoms with Gasteiger partial charge < -0.3 is 16.2 Å². The smallest absolute Gasteiger partial charge is 0.273 e. The number of nitrogens with one attached hydrogen (secondary N) is 1. The Kier molecular flexibility index (Phi) is 3.70. The Labute approximate surface area is 118 Å². The highest BCUT2D eigenvalue weighted by Crippen LogP contribution is 2.28. The summed E-state index contributed by atoms with van der Waals surface area (Å²) in [6.45, 7) is 0. The zero-order valence-electron chi connectivity index (χ0n) is 10.5. The minimum absolute atomic E-state index is 0.000507. The molecule has 8 heteroatoms. The maximum absolute atomic E-state index is 13.3. The lowest BCUT2D eigenvalue weighted by Crippen LogP contribution is -2.12. The van der Waals surface area contributed by atoms with Gasteiger partial charge in [-0.2, -0.15) is 0 Å². The van der Waals surface area contributed by atoms with Crippen LogP contribution in [0.15, 0.2) is 36.4 Å². The number of non-ortho nitro benzene ring substituents is 1. The van der Waals surface area contributed by atoms with Crippen molar-refractivity contribution in [2.45, 2.75) is 0 Å². The molecule has 4 N–H and O–H groups in total. The number of anilines is 2. The van der Waals surface area contributed by atoms with Crippen LogP contribution in [0.2, 0.25) is 0 Å². The Hall–Kier alpha value is -3.16. The number of benzene rings is 2. The molecule has 7 nitrogen and oxygen atoms in total. The molecule has 2 aromatic carbocycles. The van der Waals surface area contributed by atoms with Crippen LogP contribution in [0.25, 0.3) is 0 Å². The highest BCUT2D eigenvalue weighted by Gasteiger charge is 2.14. The van der Waals surface area contributed by atoms with Crippen molar-refractivity contribution in [1.82, 2.24) is 0 Å². The second-order valence-corrected chi connectivity index (χ2v) is 4.15. The lowest BCUT2D eigenvalue weighted by Gasteiger charge is -2.07. The predicted molar refractivity (Wildman–Crippen MR) is 73.5 cm³/mol. The number of nitrogen functional groups attached to an aromatic ring is 1. The summed E-state index contributed by atoms with van der Waals surface area (Å²) in [4.78, 5) is 21.7. The number of aromatic hydroxyl groups is 1. The van der Waals surface area contributed by atoms with Gasteiger partial charge in [0.25, 0.3) is 11.6 Å². The topological polar surface area (TPSA) is 118 Å². The van der Waals surface area contributed by atoms with E-state index in [9.17, 15) is 24.4 Å². The molecule has 1 amide bonds. The average molecular weight is 291 g/mol. The summed E-state index contributed by atoms with van der Waals surface area (Å²) < 4.78 is 13.3. The van der Waals surface area contributed by atoms with Gasteiger partial charge in [-0.05, 0) is 24.3 Å². The molecule has 0 aliphatic rings. The molecule has 2 rings (SSSR count). The first-order valence-corrected chi connectivity index (χ1v) is 5.72. The molecule has 0 aliphatic heterocycles. The number of nitrogens with two attached hydrogens (primary N) is 1. The van der Waals surface area contributed by atoms with E-state index in [0.717, 1.165) is 18.2 Å². The van der Waals surface area contributed by atoms with Crippen molar-refractivity contribution in [1.29, 1.82) is 0 Å². The number of nitrogens with zero attached hydrogens (tertiary/aromatic N) is 1. The minimum atomic E-state index is -0.740. The third kappa shape index (κ3) is 3.06. The Morgan fingerprint density at radius 1 is 1.29 bits per heavy atom. The minimum Gasteiger partial charge on any atom is -0.506 e. The summed E-state index contributed by atoms with van der Waals surface area (Å²) in [5.41, 5.74) is 4.87. The monoisotopic (exact) mass is 291 g/mol. The van der Waals surface area contributed by atoms with Crippen LogP contribution in [0, 0.1) is 15.9 Å². The molecule has 21 heavy (non-hydrogen) atoms. The molecule has 0 radical (unpaired) electrons. The van der Waals surface area contributed by atoms with Gasteiger partial charge in [-0.25, -0.2) is 4.39 Å². The highest BCUT2D eigenvalue weighted by atomic mass is 19.1. The fraction of sp³-hybridized carbons (Fsp3) is 0. The summed E-state index contributed by atoms with van der Waals surface area (Å²) in [6, 6.07) is 6.71. The van der Waals surface area contributed by atoms with E-state index in [4.69, 9.17) is 5.73 Å². The summed E-state index contributed by atoms with van der Waals surface area (Å²) >= 11 is 0. The van der Waals surface area contributed by atoms with Crippen molar-refractivity contribution in [2.75, 3.05) is 11.1 Å². The van der Waals surface area contributed by atoms with Gasteiger partial charge in [-0.3, -0.25) is 14.9 Å². The molecule has 0 spiro atoms. The van der Waals surface area contributed by atoms with Crippen LogP contribution >= 0.6 is 0 Å². The second-order valence-electron chi connectivity index (χ2n) is 4.15. The van der Waals surface area contributed by atoms with E-state index in [1.165, 1.54) is 18.2 Å². The molecule has 0 aromatic heterocycles. The summed E-state index contributed by atoms with van der Waals surface area (Å²) in [6.07, 6.45) is 0. The van der Waals surface area contributed by atoms with Gasteiger partial charge >= 0.3 is 0 Å². The van der Waals surface area contributed by atoms with Gasteiger partial charge in [0, 0.05) is 11.6 Å². The van der Waals surface area contributed by atoms with Gasteiger partial charge in [0.05, 0.1) is 22.4 Å². The fourth-order valence-corrected chi connectivity index (χ4v) is 1.60. The van der Waals surface area contributed by atoms with E-state index in [-0.39, 0.29) is 22.6 Å². The maximum atomic E-state index is 13.3. The maximum Gasteiger partial charge on any atom is 0.273 e.